The maximum atomic E-state index is 12.4. The van der Waals surface area contributed by atoms with Crippen LogP contribution in [0.4, 0.5) is 0 Å². The zero-order valence-corrected chi connectivity index (χ0v) is 12.8. The van der Waals surface area contributed by atoms with Gasteiger partial charge in [-0.25, -0.2) is 0 Å². The molecule has 2 unspecified atom stereocenters. The van der Waals surface area contributed by atoms with Gasteiger partial charge >= 0.3 is 0 Å². The van der Waals surface area contributed by atoms with Crippen LogP contribution in [-0.2, 0) is 4.79 Å². The predicted molar refractivity (Wildman–Crippen MR) is 78.9 cm³/mol. The molecule has 1 saturated carbocycles. The van der Waals surface area contributed by atoms with Crippen molar-refractivity contribution in [2.75, 3.05) is 13.1 Å². The normalized spacial score (nSPS) is 32.9. The van der Waals surface area contributed by atoms with E-state index in [1.807, 2.05) is 0 Å². The minimum absolute atomic E-state index is 0.191. The summed E-state index contributed by atoms with van der Waals surface area (Å²) in [5.74, 6) is 1.10. The van der Waals surface area contributed by atoms with E-state index in [9.17, 15) is 4.79 Å². The maximum Gasteiger partial charge on any atom is 0.224 e. The predicted octanol–water partition coefficient (Wildman–Crippen LogP) is 2.71. The molecule has 19 heavy (non-hydrogen) atoms. The van der Waals surface area contributed by atoms with Crippen molar-refractivity contribution in [1.82, 2.24) is 10.6 Å². The molecule has 0 aromatic heterocycles. The Kier molecular flexibility index (Phi) is 4.88. The average Bonchev–Trinajstić information content (AvgIpc) is 2.39. The SMILES string of the molecule is CC(C)(C)C1CCCCC1NC(=O)[C@@H]1CCCNC1. The molecule has 3 heteroatoms. The maximum absolute atomic E-state index is 12.4. The molecular formula is C16H30N2O. The molecule has 1 amide bonds. The van der Waals surface area contributed by atoms with Crippen LogP contribution in [-0.4, -0.2) is 25.0 Å². The molecule has 2 N–H and O–H groups in total. The van der Waals surface area contributed by atoms with Gasteiger partial charge in [0.1, 0.15) is 0 Å². The number of carbonyl (C=O) groups excluding carboxylic acids is 1. The summed E-state index contributed by atoms with van der Waals surface area (Å²) in [5, 5.41) is 6.70. The molecule has 1 aliphatic heterocycles. The van der Waals surface area contributed by atoms with Crippen molar-refractivity contribution in [3.05, 3.63) is 0 Å². The second-order valence-corrected chi connectivity index (χ2v) is 7.42. The van der Waals surface area contributed by atoms with E-state index in [-0.39, 0.29) is 11.8 Å². The zero-order chi connectivity index (χ0) is 13.9. The van der Waals surface area contributed by atoms with E-state index in [4.69, 9.17) is 0 Å². The van der Waals surface area contributed by atoms with Crippen LogP contribution in [0.5, 0.6) is 0 Å². The Balaban J connectivity index is 1.93. The first kappa shape index (κ1) is 14.8. The van der Waals surface area contributed by atoms with Gasteiger partial charge in [0.25, 0.3) is 0 Å². The summed E-state index contributed by atoms with van der Waals surface area (Å²) < 4.78 is 0. The Morgan fingerprint density at radius 3 is 2.47 bits per heavy atom. The molecule has 2 aliphatic rings. The summed E-state index contributed by atoms with van der Waals surface area (Å²) >= 11 is 0. The van der Waals surface area contributed by atoms with Gasteiger partial charge < -0.3 is 10.6 Å². The van der Waals surface area contributed by atoms with Crippen molar-refractivity contribution in [2.24, 2.45) is 17.3 Å². The fourth-order valence-electron chi connectivity index (χ4n) is 3.72. The Labute approximate surface area is 117 Å². The lowest BCUT2D eigenvalue weighted by Gasteiger charge is -2.41. The van der Waals surface area contributed by atoms with E-state index in [0.29, 0.717) is 17.4 Å². The van der Waals surface area contributed by atoms with Gasteiger partial charge in [-0.2, -0.15) is 0 Å². The lowest BCUT2D eigenvalue weighted by molar-refractivity contribution is -0.127. The van der Waals surface area contributed by atoms with Crippen molar-refractivity contribution in [2.45, 2.75) is 65.3 Å². The summed E-state index contributed by atoms with van der Waals surface area (Å²) in [6.07, 6.45) is 7.18. The molecule has 0 bridgehead atoms. The number of hydrogen-bond donors (Lipinski definition) is 2. The minimum Gasteiger partial charge on any atom is -0.353 e. The van der Waals surface area contributed by atoms with Gasteiger partial charge in [0.15, 0.2) is 0 Å². The number of carbonyl (C=O) groups is 1. The molecule has 3 atom stereocenters. The Hall–Kier alpha value is -0.570. The average molecular weight is 266 g/mol. The molecular weight excluding hydrogens is 236 g/mol. The zero-order valence-electron chi connectivity index (χ0n) is 12.8. The van der Waals surface area contributed by atoms with Gasteiger partial charge in [0.2, 0.25) is 5.91 Å². The first-order valence-corrected chi connectivity index (χ1v) is 7.99. The molecule has 1 heterocycles. The molecule has 2 rings (SSSR count). The van der Waals surface area contributed by atoms with Crippen LogP contribution in [0.3, 0.4) is 0 Å². The van der Waals surface area contributed by atoms with E-state index >= 15 is 0 Å². The highest BCUT2D eigenvalue weighted by atomic mass is 16.2. The monoisotopic (exact) mass is 266 g/mol. The van der Waals surface area contributed by atoms with E-state index in [1.165, 1.54) is 19.3 Å². The lowest BCUT2D eigenvalue weighted by Crippen LogP contribution is -2.50. The topological polar surface area (TPSA) is 41.1 Å². The number of hydrogen-bond acceptors (Lipinski definition) is 2. The third-order valence-electron chi connectivity index (χ3n) is 4.87. The highest BCUT2D eigenvalue weighted by Gasteiger charge is 2.35. The third-order valence-corrected chi connectivity index (χ3v) is 4.87. The van der Waals surface area contributed by atoms with Crippen LogP contribution in [0.2, 0.25) is 0 Å². The van der Waals surface area contributed by atoms with Crippen LogP contribution < -0.4 is 10.6 Å². The van der Waals surface area contributed by atoms with E-state index in [1.54, 1.807) is 0 Å². The first-order valence-electron chi connectivity index (χ1n) is 7.99. The number of piperidine rings is 1. The van der Waals surface area contributed by atoms with Gasteiger partial charge in [-0.1, -0.05) is 33.6 Å². The standard InChI is InChI=1S/C16H30N2O/c1-16(2,3)13-8-4-5-9-14(13)18-15(19)12-7-6-10-17-11-12/h12-14,17H,4-11H2,1-3H3,(H,18,19)/t12-,13?,14?/m1/s1. The molecule has 110 valence electrons. The van der Waals surface area contributed by atoms with Crippen molar-refractivity contribution in [1.29, 1.82) is 0 Å². The van der Waals surface area contributed by atoms with E-state index in [0.717, 1.165) is 32.4 Å². The quantitative estimate of drug-likeness (QED) is 0.807. The van der Waals surface area contributed by atoms with E-state index < -0.39 is 0 Å². The summed E-state index contributed by atoms with van der Waals surface area (Å²) in [5.41, 5.74) is 0.295. The van der Waals surface area contributed by atoms with Crippen molar-refractivity contribution in [3.63, 3.8) is 0 Å². The van der Waals surface area contributed by atoms with Crippen molar-refractivity contribution < 1.29 is 4.79 Å². The third kappa shape index (κ3) is 3.95. The summed E-state index contributed by atoms with van der Waals surface area (Å²) in [4.78, 5) is 12.4. The smallest absolute Gasteiger partial charge is 0.224 e. The van der Waals surface area contributed by atoms with Crippen LogP contribution in [0, 0.1) is 17.3 Å². The number of amides is 1. The molecule has 0 radical (unpaired) electrons. The fraction of sp³-hybridized carbons (Fsp3) is 0.938. The summed E-state index contributed by atoms with van der Waals surface area (Å²) in [7, 11) is 0. The van der Waals surface area contributed by atoms with Gasteiger partial charge in [-0.05, 0) is 43.6 Å². The molecule has 0 aromatic carbocycles. The van der Waals surface area contributed by atoms with E-state index in [2.05, 4.69) is 31.4 Å². The second kappa shape index (κ2) is 6.25. The molecule has 0 aromatic rings. The fourth-order valence-corrected chi connectivity index (χ4v) is 3.72. The van der Waals surface area contributed by atoms with Gasteiger partial charge in [0.05, 0.1) is 5.92 Å². The van der Waals surface area contributed by atoms with Gasteiger partial charge in [-0.15, -0.1) is 0 Å². The largest absolute Gasteiger partial charge is 0.353 e. The summed E-state index contributed by atoms with van der Waals surface area (Å²) in [6, 6.07) is 0.392. The Bertz CT molecular complexity index is 302. The highest BCUT2D eigenvalue weighted by Crippen LogP contribution is 2.38. The number of rotatable bonds is 2. The highest BCUT2D eigenvalue weighted by molar-refractivity contribution is 5.79. The van der Waals surface area contributed by atoms with Crippen LogP contribution in [0.1, 0.15) is 59.3 Å². The Morgan fingerprint density at radius 2 is 1.84 bits per heavy atom. The molecule has 1 aliphatic carbocycles. The second-order valence-electron chi connectivity index (χ2n) is 7.42. The molecule has 0 spiro atoms. The van der Waals surface area contributed by atoms with Gasteiger partial charge in [0, 0.05) is 12.6 Å². The molecule has 1 saturated heterocycles. The van der Waals surface area contributed by atoms with Crippen LogP contribution >= 0.6 is 0 Å². The van der Waals surface area contributed by atoms with Crippen LogP contribution in [0.25, 0.3) is 0 Å². The number of nitrogens with one attached hydrogen (secondary N) is 2. The molecule has 3 nitrogen and oxygen atoms in total. The Morgan fingerprint density at radius 1 is 1.11 bits per heavy atom. The van der Waals surface area contributed by atoms with Crippen molar-refractivity contribution in [3.8, 4) is 0 Å². The summed E-state index contributed by atoms with van der Waals surface area (Å²) in [6.45, 7) is 8.86. The van der Waals surface area contributed by atoms with Crippen molar-refractivity contribution >= 4 is 5.91 Å². The minimum atomic E-state index is 0.191. The lowest BCUT2D eigenvalue weighted by atomic mass is 9.69. The molecule has 2 fully saturated rings. The van der Waals surface area contributed by atoms with Gasteiger partial charge in [-0.3, -0.25) is 4.79 Å². The first-order chi connectivity index (χ1) is 8.98. The van der Waals surface area contributed by atoms with Crippen LogP contribution in [0.15, 0.2) is 0 Å².